The van der Waals surface area contributed by atoms with Crippen molar-refractivity contribution in [1.29, 1.82) is 5.26 Å². The lowest BCUT2D eigenvalue weighted by Gasteiger charge is -2.27. The van der Waals surface area contributed by atoms with Crippen molar-refractivity contribution in [3.8, 4) is 34.8 Å². The molecule has 2 atom stereocenters. The lowest BCUT2D eigenvalue weighted by Crippen LogP contribution is -2.29. The number of carbonyl (C=O) groups is 1. The number of halogens is 1. The largest absolute Gasteiger partial charge is 0.493 e. The third kappa shape index (κ3) is 5.28. The Balaban J connectivity index is 1.61. The van der Waals surface area contributed by atoms with Crippen LogP contribution >= 0.6 is 0 Å². The number of benzene rings is 3. The molecule has 9 heteroatoms. The number of hydrogen-bond donors (Lipinski definition) is 1. The molecule has 0 spiro atoms. The fraction of sp³-hybridized carbons (Fsp3) is 0.214. The molecule has 0 aliphatic carbocycles. The molecule has 37 heavy (non-hydrogen) atoms. The van der Waals surface area contributed by atoms with E-state index in [-0.39, 0.29) is 23.0 Å². The van der Waals surface area contributed by atoms with Gasteiger partial charge < -0.3 is 29.4 Å². The van der Waals surface area contributed by atoms with Crippen LogP contribution in [-0.4, -0.2) is 25.8 Å². The first kappa shape index (κ1) is 25.4. The maximum atomic E-state index is 13.9. The lowest BCUT2D eigenvalue weighted by molar-refractivity contribution is -0.141. The van der Waals surface area contributed by atoms with E-state index in [1.807, 2.05) is 13.0 Å². The standard InChI is InChI=1S/C28H25FN2O6/c1-4-34-23-12-9-17(13-25(23)33-3)26-19-11-10-18(14-24(19)37-27(31)20(26)15-30)36-28(32)16(2)35-22-8-6-5-7-21(22)29/h5-14,16,26H,4,31H2,1-3H3. The van der Waals surface area contributed by atoms with Crippen molar-refractivity contribution in [3.63, 3.8) is 0 Å². The van der Waals surface area contributed by atoms with E-state index in [1.165, 1.54) is 38.3 Å². The molecule has 190 valence electrons. The van der Waals surface area contributed by atoms with Crippen molar-refractivity contribution in [1.82, 2.24) is 0 Å². The van der Waals surface area contributed by atoms with Gasteiger partial charge in [-0.15, -0.1) is 0 Å². The number of esters is 1. The Morgan fingerprint density at radius 1 is 1.14 bits per heavy atom. The highest BCUT2D eigenvalue weighted by atomic mass is 19.1. The van der Waals surface area contributed by atoms with Gasteiger partial charge in [0.25, 0.3) is 0 Å². The maximum absolute atomic E-state index is 13.9. The summed E-state index contributed by atoms with van der Waals surface area (Å²) in [6.07, 6.45) is -1.08. The zero-order valence-electron chi connectivity index (χ0n) is 20.5. The Hall–Kier alpha value is -4.71. The number of nitriles is 1. The van der Waals surface area contributed by atoms with E-state index >= 15 is 0 Å². The van der Waals surface area contributed by atoms with Crippen LogP contribution in [0, 0.1) is 17.1 Å². The SMILES string of the molecule is CCOc1ccc(C2C(C#N)=C(N)Oc3cc(OC(=O)C(C)Oc4ccccc4F)ccc32)cc1OC. The monoisotopic (exact) mass is 504 g/mol. The molecule has 4 rings (SSSR count). The summed E-state index contributed by atoms with van der Waals surface area (Å²) in [5.74, 6) is -0.408. The van der Waals surface area contributed by atoms with Gasteiger partial charge in [-0.3, -0.25) is 0 Å². The predicted octanol–water partition coefficient (Wildman–Crippen LogP) is 4.82. The van der Waals surface area contributed by atoms with E-state index in [0.29, 0.717) is 29.4 Å². The first-order valence-corrected chi connectivity index (χ1v) is 11.5. The second-order valence-electron chi connectivity index (χ2n) is 8.08. The van der Waals surface area contributed by atoms with Crippen LogP contribution in [0.2, 0.25) is 0 Å². The highest BCUT2D eigenvalue weighted by Gasteiger charge is 2.32. The number of rotatable bonds is 8. The Morgan fingerprint density at radius 2 is 1.92 bits per heavy atom. The van der Waals surface area contributed by atoms with Gasteiger partial charge in [0.2, 0.25) is 5.88 Å². The maximum Gasteiger partial charge on any atom is 0.352 e. The first-order valence-electron chi connectivity index (χ1n) is 11.5. The Labute approximate surface area is 213 Å². The number of para-hydroxylation sites is 1. The van der Waals surface area contributed by atoms with E-state index in [0.717, 1.165) is 5.56 Å². The molecule has 3 aromatic rings. The zero-order chi connectivity index (χ0) is 26.5. The summed E-state index contributed by atoms with van der Waals surface area (Å²) in [7, 11) is 1.53. The van der Waals surface area contributed by atoms with Crippen molar-refractivity contribution >= 4 is 5.97 Å². The first-order chi connectivity index (χ1) is 17.9. The van der Waals surface area contributed by atoms with Crippen molar-refractivity contribution < 1.29 is 32.9 Å². The minimum atomic E-state index is -1.08. The molecular formula is C28H25FN2O6. The number of hydrogen-bond acceptors (Lipinski definition) is 8. The van der Waals surface area contributed by atoms with Gasteiger partial charge in [0.05, 0.1) is 19.6 Å². The number of carbonyl (C=O) groups excluding carboxylic acids is 1. The molecule has 0 saturated carbocycles. The van der Waals surface area contributed by atoms with Crippen LogP contribution in [-0.2, 0) is 4.79 Å². The summed E-state index contributed by atoms with van der Waals surface area (Å²) >= 11 is 0. The van der Waals surface area contributed by atoms with Crippen LogP contribution in [0.1, 0.15) is 30.9 Å². The second-order valence-corrected chi connectivity index (χ2v) is 8.08. The van der Waals surface area contributed by atoms with Crippen molar-refractivity contribution in [3.05, 3.63) is 89.1 Å². The van der Waals surface area contributed by atoms with Crippen molar-refractivity contribution in [2.45, 2.75) is 25.9 Å². The van der Waals surface area contributed by atoms with Gasteiger partial charge in [-0.1, -0.05) is 24.3 Å². The third-order valence-corrected chi connectivity index (χ3v) is 5.70. The number of ether oxygens (including phenoxy) is 5. The highest BCUT2D eigenvalue weighted by Crippen LogP contribution is 2.45. The minimum absolute atomic E-state index is 0.0590. The molecule has 8 nitrogen and oxygen atoms in total. The third-order valence-electron chi connectivity index (χ3n) is 5.70. The van der Waals surface area contributed by atoms with Gasteiger partial charge in [-0.2, -0.15) is 5.26 Å². The number of methoxy groups -OCH3 is 1. The number of nitrogens with zero attached hydrogens (tertiary/aromatic N) is 1. The summed E-state index contributed by atoms with van der Waals surface area (Å²) in [6.45, 7) is 3.80. The molecule has 3 aromatic carbocycles. The topological polar surface area (TPSA) is 113 Å². The fourth-order valence-electron chi connectivity index (χ4n) is 3.96. The van der Waals surface area contributed by atoms with Crippen LogP contribution in [0.3, 0.4) is 0 Å². The van der Waals surface area contributed by atoms with Crippen LogP contribution in [0.4, 0.5) is 4.39 Å². The molecule has 0 saturated heterocycles. The van der Waals surface area contributed by atoms with E-state index in [4.69, 9.17) is 29.4 Å². The van der Waals surface area contributed by atoms with E-state index in [9.17, 15) is 14.4 Å². The van der Waals surface area contributed by atoms with Crippen LogP contribution < -0.4 is 29.4 Å². The van der Waals surface area contributed by atoms with Gasteiger partial charge in [0.15, 0.2) is 29.2 Å². The van der Waals surface area contributed by atoms with Gasteiger partial charge in [0.1, 0.15) is 23.1 Å². The van der Waals surface area contributed by atoms with Gasteiger partial charge in [0, 0.05) is 11.6 Å². The summed E-state index contributed by atoms with van der Waals surface area (Å²) < 4.78 is 41.5. The molecule has 2 unspecified atom stereocenters. The van der Waals surface area contributed by atoms with E-state index in [2.05, 4.69) is 6.07 Å². The Morgan fingerprint density at radius 3 is 2.62 bits per heavy atom. The fourth-order valence-corrected chi connectivity index (χ4v) is 3.96. The Bertz CT molecular complexity index is 1400. The number of fused-ring (bicyclic) bond motifs is 1. The number of nitrogens with two attached hydrogens (primary N) is 1. The molecule has 0 amide bonds. The second kappa shape index (κ2) is 10.9. The molecule has 1 aliphatic rings. The van der Waals surface area contributed by atoms with Crippen LogP contribution in [0.15, 0.2) is 72.1 Å². The highest BCUT2D eigenvalue weighted by molar-refractivity contribution is 5.77. The average Bonchev–Trinajstić information content (AvgIpc) is 2.89. The van der Waals surface area contributed by atoms with Gasteiger partial charge in [-0.05, 0) is 49.7 Å². The number of allylic oxidation sites excluding steroid dienone is 1. The van der Waals surface area contributed by atoms with Crippen LogP contribution in [0.5, 0.6) is 28.7 Å². The Kier molecular flexibility index (Phi) is 7.49. The normalized spacial score (nSPS) is 15.1. The predicted molar refractivity (Wildman–Crippen MR) is 132 cm³/mol. The van der Waals surface area contributed by atoms with Gasteiger partial charge >= 0.3 is 5.97 Å². The molecule has 0 aromatic heterocycles. The smallest absolute Gasteiger partial charge is 0.352 e. The van der Waals surface area contributed by atoms with Crippen LogP contribution in [0.25, 0.3) is 0 Å². The van der Waals surface area contributed by atoms with Gasteiger partial charge in [-0.25, -0.2) is 9.18 Å². The summed E-state index contributed by atoms with van der Waals surface area (Å²) in [5, 5.41) is 9.83. The molecule has 1 heterocycles. The summed E-state index contributed by atoms with van der Waals surface area (Å²) in [4.78, 5) is 12.6. The quantitative estimate of drug-likeness (QED) is 0.343. The zero-order valence-corrected chi connectivity index (χ0v) is 20.5. The van der Waals surface area contributed by atoms with Crippen molar-refractivity contribution in [2.75, 3.05) is 13.7 Å². The molecular weight excluding hydrogens is 479 g/mol. The summed E-state index contributed by atoms with van der Waals surface area (Å²) in [6, 6.07) is 18.1. The van der Waals surface area contributed by atoms with Crippen molar-refractivity contribution in [2.24, 2.45) is 5.73 Å². The van der Waals surface area contributed by atoms with E-state index in [1.54, 1.807) is 30.3 Å². The molecule has 2 N–H and O–H groups in total. The molecule has 0 bridgehead atoms. The lowest BCUT2D eigenvalue weighted by atomic mass is 9.83. The molecule has 0 fully saturated rings. The molecule has 0 radical (unpaired) electrons. The van der Waals surface area contributed by atoms with E-state index < -0.39 is 23.8 Å². The molecule has 1 aliphatic heterocycles. The average molecular weight is 505 g/mol. The minimum Gasteiger partial charge on any atom is -0.493 e. The summed E-state index contributed by atoms with van der Waals surface area (Å²) in [5.41, 5.74) is 7.71.